The van der Waals surface area contributed by atoms with E-state index in [1.54, 1.807) is 48.5 Å². The average molecular weight is 649 g/mol. The molecule has 12 heteroatoms. The summed E-state index contributed by atoms with van der Waals surface area (Å²) in [6.07, 6.45) is 0.595. The van der Waals surface area contributed by atoms with Gasteiger partial charge in [-0.05, 0) is 99.5 Å². The van der Waals surface area contributed by atoms with Crippen LogP contribution in [-0.4, -0.2) is 49.0 Å². The average Bonchev–Trinajstić information content (AvgIpc) is 3.38. The van der Waals surface area contributed by atoms with Crippen LogP contribution in [0.5, 0.6) is 5.75 Å². The maximum absolute atomic E-state index is 13.7. The Balaban J connectivity index is 1.44. The van der Waals surface area contributed by atoms with Gasteiger partial charge in [0.05, 0.1) is 23.4 Å². The second kappa shape index (κ2) is 12.8. The molecule has 4 aromatic carbocycles. The highest BCUT2D eigenvalue weighted by atomic mass is 32.2. The number of benzene rings is 4. The van der Waals surface area contributed by atoms with E-state index in [9.17, 15) is 21.6 Å². The lowest BCUT2D eigenvalue weighted by Gasteiger charge is -2.25. The number of para-hydroxylation sites is 1. The lowest BCUT2D eigenvalue weighted by atomic mass is 10.1. The molecule has 1 heterocycles. The Morgan fingerprint density at radius 2 is 1.58 bits per heavy atom. The molecule has 236 valence electrons. The Kier molecular flexibility index (Phi) is 9.08. The third-order valence-corrected chi connectivity index (χ3v) is 11.1. The van der Waals surface area contributed by atoms with Crippen molar-refractivity contribution in [2.24, 2.45) is 0 Å². The number of carbonyl (C=O) groups excluding carboxylic acids is 1. The van der Waals surface area contributed by atoms with Crippen LogP contribution in [0.2, 0.25) is 0 Å². The van der Waals surface area contributed by atoms with Gasteiger partial charge in [-0.3, -0.25) is 13.8 Å². The maximum Gasteiger partial charge on any atom is 0.264 e. The van der Waals surface area contributed by atoms with Crippen LogP contribution in [0.15, 0.2) is 101 Å². The zero-order valence-corrected chi connectivity index (χ0v) is 27.2. The summed E-state index contributed by atoms with van der Waals surface area (Å²) < 4.78 is 64.0. The van der Waals surface area contributed by atoms with E-state index in [4.69, 9.17) is 4.74 Å². The fourth-order valence-corrected chi connectivity index (χ4v) is 8.57. The Morgan fingerprint density at radius 1 is 0.889 bits per heavy atom. The van der Waals surface area contributed by atoms with Crippen molar-refractivity contribution < 1.29 is 26.4 Å². The summed E-state index contributed by atoms with van der Waals surface area (Å²) in [4.78, 5) is 15.3. The highest BCUT2D eigenvalue weighted by Crippen LogP contribution is 2.37. The number of sulfonamides is 2. The van der Waals surface area contributed by atoms with Crippen molar-refractivity contribution in [2.45, 2.75) is 43.0 Å². The van der Waals surface area contributed by atoms with Gasteiger partial charge in [-0.2, -0.15) is 0 Å². The standard InChI is InChI=1S/C33H36N4O6S2/c1-5-36(6-2)31-19-16-27(22-32(31)44(39,40)35-26-14-17-28(43-4)18-15-26)34-33(38)25-11-9-12-29(21-25)45(41,42)37-23(3)20-24-10-7-8-13-30(24)37/h7-19,21-23,35H,5-6,20H2,1-4H3,(H,34,38)/t23-/m1/s1. The zero-order chi connectivity index (χ0) is 32.4. The number of carbonyl (C=O) groups is 1. The molecule has 5 rings (SSSR count). The SMILES string of the molecule is CCN(CC)c1ccc(NC(=O)c2cccc(S(=O)(=O)N3c4ccccc4C[C@H]3C)c2)cc1S(=O)(=O)Nc1ccc(OC)cc1. The van der Waals surface area contributed by atoms with Gasteiger partial charge in [0.2, 0.25) is 0 Å². The quantitative estimate of drug-likeness (QED) is 0.213. The normalized spacial score (nSPS) is 14.5. The first-order chi connectivity index (χ1) is 21.5. The van der Waals surface area contributed by atoms with Crippen LogP contribution in [0.25, 0.3) is 0 Å². The summed E-state index contributed by atoms with van der Waals surface area (Å²) in [7, 11) is -6.52. The Labute approximate surface area is 264 Å². The Morgan fingerprint density at radius 3 is 2.27 bits per heavy atom. The molecule has 1 aliphatic rings. The van der Waals surface area contributed by atoms with Gasteiger partial charge in [-0.25, -0.2) is 16.8 Å². The first-order valence-corrected chi connectivity index (χ1v) is 17.5. The van der Waals surface area contributed by atoms with E-state index in [0.717, 1.165) is 5.56 Å². The molecule has 1 amide bonds. The summed E-state index contributed by atoms with van der Waals surface area (Å²) in [5.41, 5.74) is 2.76. The van der Waals surface area contributed by atoms with Crippen molar-refractivity contribution in [1.82, 2.24) is 0 Å². The number of hydrogen-bond acceptors (Lipinski definition) is 7. The largest absolute Gasteiger partial charge is 0.497 e. The number of ether oxygens (including phenoxy) is 1. The first-order valence-electron chi connectivity index (χ1n) is 14.6. The van der Waals surface area contributed by atoms with Gasteiger partial charge in [-0.1, -0.05) is 24.3 Å². The molecule has 1 aliphatic heterocycles. The number of amides is 1. The smallest absolute Gasteiger partial charge is 0.264 e. The number of anilines is 4. The summed E-state index contributed by atoms with van der Waals surface area (Å²) in [5.74, 6) is 0.00656. The molecule has 0 radical (unpaired) electrons. The number of nitrogens with one attached hydrogen (secondary N) is 2. The number of hydrogen-bond donors (Lipinski definition) is 2. The van der Waals surface area contributed by atoms with Crippen molar-refractivity contribution in [3.63, 3.8) is 0 Å². The van der Waals surface area contributed by atoms with E-state index in [1.165, 1.54) is 41.7 Å². The molecule has 0 unspecified atom stereocenters. The van der Waals surface area contributed by atoms with E-state index in [2.05, 4.69) is 10.0 Å². The third-order valence-electron chi connectivity index (χ3n) is 7.75. The van der Waals surface area contributed by atoms with E-state index in [1.807, 2.05) is 37.8 Å². The molecule has 0 saturated heterocycles. The Hall–Kier alpha value is -4.55. The molecule has 0 aliphatic carbocycles. The third kappa shape index (κ3) is 6.47. The van der Waals surface area contributed by atoms with Crippen molar-refractivity contribution in [2.75, 3.05) is 39.4 Å². The predicted octanol–water partition coefficient (Wildman–Crippen LogP) is 5.73. The summed E-state index contributed by atoms with van der Waals surface area (Å²) >= 11 is 0. The highest BCUT2D eigenvalue weighted by molar-refractivity contribution is 7.93. The van der Waals surface area contributed by atoms with Gasteiger partial charge in [0.1, 0.15) is 10.6 Å². The lowest BCUT2D eigenvalue weighted by Crippen LogP contribution is -2.35. The van der Waals surface area contributed by atoms with E-state index in [-0.39, 0.29) is 27.1 Å². The van der Waals surface area contributed by atoms with Crippen molar-refractivity contribution >= 4 is 48.7 Å². The van der Waals surface area contributed by atoms with Crippen molar-refractivity contribution in [3.05, 3.63) is 102 Å². The molecule has 45 heavy (non-hydrogen) atoms. The minimum atomic E-state index is -4.09. The molecular weight excluding hydrogens is 613 g/mol. The van der Waals surface area contributed by atoms with Crippen LogP contribution >= 0.6 is 0 Å². The zero-order valence-electron chi connectivity index (χ0n) is 25.5. The number of fused-ring (bicyclic) bond motifs is 1. The van der Waals surface area contributed by atoms with Gasteiger partial charge in [0, 0.05) is 36.1 Å². The van der Waals surface area contributed by atoms with E-state index in [0.29, 0.717) is 42.3 Å². The van der Waals surface area contributed by atoms with Gasteiger partial charge in [-0.15, -0.1) is 0 Å². The maximum atomic E-state index is 13.7. The fourth-order valence-electron chi connectivity index (χ4n) is 5.52. The molecule has 2 N–H and O–H groups in total. The molecule has 0 aromatic heterocycles. The molecule has 10 nitrogen and oxygen atoms in total. The molecule has 0 saturated carbocycles. The van der Waals surface area contributed by atoms with Gasteiger partial charge >= 0.3 is 0 Å². The second-order valence-electron chi connectivity index (χ2n) is 10.7. The van der Waals surface area contributed by atoms with Gasteiger partial charge < -0.3 is 15.0 Å². The highest BCUT2D eigenvalue weighted by Gasteiger charge is 2.36. The van der Waals surface area contributed by atoms with Crippen LogP contribution < -0.4 is 24.0 Å². The van der Waals surface area contributed by atoms with E-state index >= 15 is 0 Å². The predicted molar refractivity (Wildman–Crippen MR) is 177 cm³/mol. The number of nitrogens with zero attached hydrogens (tertiary/aromatic N) is 2. The number of rotatable bonds is 11. The molecule has 0 bridgehead atoms. The van der Waals surface area contributed by atoms with Crippen LogP contribution in [-0.2, 0) is 26.5 Å². The van der Waals surface area contributed by atoms with E-state index < -0.39 is 26.0 Å². The molecule has 4 aromatic rings. The molecular formula is C33H36N4O6S2. The van der Waals surface area contributed by atoms with Crippen LogP contribution in [0.1, 0.15) is 36.7 Å². The monoisotopic (exact) mass is 648 g/mol. The molecule has 0 fully saturated rings. The minimum absolute atomic E-state index is 0.0115. The lowest BCUT2D eigenvalue weighted by molar-refractivity contribution is 0.102. The second-order valence-corrected chi connectivity index (χ2v) is 14.1. The van der Waals surface area contributed by atoms with Crippen LogP contribution in [0.3, 0.4) is 0 Å². The summed E-state index contributed by atoms with van der Waals surface area (Å²) in [5, 5.41) is 2.75. The fraction of sp³-hybridized carbons (Fsp3) is 0.242. The molecule has 1 atom stereocenters. The summed E-state index contributed by atoms with van der Waals surface area (Å²) in [6, 6.07) is 24.1. The van der Waals surface area contributed by atoms with Crippen LogP contribution in [0.4, 0.5) is 22.7 Å². The Bertz CT molecular complexity index is 1930. The molecule has 0 spiro atoms. The van der Waals surface area contributed by atoms with Gasteiger partial charge in [0.15, 0.2) is 0 Å². The van der Waals surface area contributed by atoms with Gasteiger partial charge in [0.25, 0.3) is 26.0 Å². The van der Waals surface area contributed by atoms with Crippen molar-refractivity contribution in [3.8, 4) is 5.75 Å². The summed E-state index contributed by atoms with van der Waals surface area (Å²) in [6.45, 7) is 6.83. The first kappa shape index (κ1) is 31.9. The van der Waals surface area contributed by atoms with Crippen molar-refractivity contribution in [1.29, 1.82) is 0 Å². The van der Waals surface area contributed by atoms with Crippen LogP contribution in [0, 0.1) is 0 Å². The minimum Gasteiger partial charge on any atom is -0.497 e. The number of methoxy groups -OCH3 is 1. The topological polar surface area (TPSA) is 125 Å².